The van der Waals surface area contributed by atoms with E-state index in [0.717, 1.165) is 31.6 Å². The third-order valence-electron chi connectivity index (χ3n) is 3.64. The van der Waals surface area contributed by atoms with Crippen molar-refractivity contribution < 1.29 is 9.84 Å². The fourth-order valence-corrected chi connectivity index (χ4v) is 2.20. The van der Waals surface area contributed by atoms with Gasteiger partial charge in [-0.05, 0) is 44.4 Å². The number of methoxy groups -OCH3 is 1. The summed E-state index contributed by atoms with van der Waals surface area (Å²) in [5.41, 5.74) is 1.04. The van der Waals surface area contributed by atoms with Gasteiger partial charge in [-0.15, -0.1) is 0 Å². The summed E-state index contributed by atoms with van der Waals surface area (Å²) >= 11 is 0. The number of ether oxygens (including phenoxy) is 1. The Balaban J connectivity index is 3.33. The van der Waals surface area contributed by atoms with Crippen LogP contribution in [0.5, 0.6) is 0 Å². The van der Waals surface area contributed by atoms with E-state index in [1.807, 2.05) is 6.92 Å². The van der Waals surface area contributed by atoms with Crippen LogP contribution < -0.4 is 0 Å². The van der Waals surface area contributed by atoms with Crippen LogP contribution in [0.1, 0.15) is 64.7 Å². The number of unbranched alkanes of at least 4 members (excludes halogenated alkanes) is 6. The highest BCUT2D eigenvalue weighted by atomic mass is 16.5. The molecule has 0 aromatic rings. The molecular formula is C18H35NO2. The lowest BCUT2D eigenvalue weighted by Gasteiger charge is -2.13. The summed E-state index contributed by atoms with van der Waals surface area (Å²) in [5.74, 6) is 0. The minimum absolute atomic E-state index is 0.907. The summed E-state index contributed by atoms with van der Waals surface area (Å²) in [6, 6.07) is 0. The molecule has 0 aliphatic heterocycles. The molecule has 1 N–H and O–H groups in total. The molecule has 0 rings (SSSR count). The molecule has 0 atom stereocenters. The van der Waals surface area contributed by atoms with Gasteiger partial charge in [0.15, 0.2) is 0 Å². The second-order valence-corrected chi connectivity index (χ2v) is 5.85. The Morgan fingerprint density at radius 3 is 2.29 bits per heavy atom. The Morgan fingerprint density at radius 2 is 1.67 bits per heavy atom. The molecule has 0 bridgehead atoms. The largest absolute Gasteiger partial charge is 0.516 e. The van der Waals surface area contributed by atoms with Crippen LogP contribution in [0, 0.1) is 0 Å². The maximum Gasteiger partial charge on any atom is 0.0780 e. The van der Waals surface area contributed by atoms with Gasteiger partial charge in [0.2, 0.25) is 0 Å². The molecule has 0 spiro atoms. The molecule has 0 heterocycles. The van der Waals surface area contributed by atoms with Crippen molar-refractivity contribution in [2.24, 2.45) is 0 Å². The molecule has 0 aromatic carbocycles. The van der Waals surface area contributed by atoms with E-state index in [2.05, 4.69) is 24.2 Å². The standard InChI is InChI=1S/C18H35NO2/c1-18(17-20)13-9-11-15-19(2)14-10-7-5-4-6-8-12-16-21-3/h11,15,17,20H,4-10,12-14,16H2,1-3H3/b15-11-,18-17?. The zero-order valence-corrected chi connectivity index (χ0v) is 14.3. The normalized spacial score (nSPS) is 12.2. The topological polar surface area (TPSA) is 32.7 Å². The Hall–Kier alpha value is -0.960. The predicted octanol–water partition coefficient (Wildman–Crippen LogP) is 5.05. The average molecular weight is 297 g/mol. The SMILES string of the molecule is COCCCCCCCCCN(C)/C=C\CCC(C)=CO. The molecule has 0 aliphatic carbocycles. The molecule has 0 radical (unpaired) electrons. The van der Waals surface area contributed by atoms with E-state index < -0.39 is 0 Å². The summed E-state index contributed by atoms with van der Waals surface area (Å²) < 4.78 is 5.05. The molecule has 0 unspecified atom stereocenters. The van der Waals surface area contributed by atoms with Crippen molar-refractivity contribution in [3.05, 3.63) is 24.1 Å². The predicted molar refractivity (Wildman–Crippen MR) is 91.6 cm³/mol. The molecule has 0 saturated carbocycles. The minimum Gasteiger partial charge on any atom is -0.516 e. The Morgan fingerprint density at radius 1 is 1.05 bits per heavy atom. The summed E-state index contributed by atoms with van der Waals surface area (Å²) in [7, 11) is 3.91. The van der Waals surface area contributed by atoms with Crippen LogP contribution >= 0.6 is 0 Å². The van der Waals surface area contributed by atoms with E-state index in [1.165, 1.54) is 51.2 Å². The molecule has 0 amide bonds. The van der Waals surface area contributed by atoms with Crippen molar-refractivity contribution in [1.29, 1.82) is 0 Å². The first-order chi connectivity index (χ1) is 10.2. The lowest BCUT2D eigenvalue weighted by molar-refractivity contribution is 0.192. The summed E-state index contributed by atoms with van der Waals surface area (Å²) in [6.07, 6.45) is 16.6. The molecule has 3 heteroatoms. The van der Waals surface area contributed by atoms with Gasteiger partial charge in [-0.3, -0.25) is 0 Å². The number of hydrogen-bond acceptors (Lipinski definition) is 3. The van der Waals surface area contributed by atoms with Gasteiger partial charge in [-0.2, -0.15) is 0 Å². The summed E-state index contributed by atoms with van der Waals surface area (Å²) in [4.78, 5) is 2.26. The van der Waals surface area contributed by atoms with E-state index in [0.29, 0.717) is 0 Å². The molecule has 0 aromatic heterocycles. The van der Waals surface area contributed by atoms with Crippen molar-refractivity contribution in [2.75, 3.05) is 27.3 Å². The van der Waals surface area contributed by atoms with Crippen LogP contribution in [-0.4, -0.2) is 37.3 Å². The highest BCUT2D eigenvalue weighted by molar-refractivity contribution is 4.95. The molecule has 124 valence electrons. The summed E-state index contributed by atoms with van der Waals surface area (Å²) in [5, 5.41) is 8.79. The van der Waals surface area contributed by atoms with E-state index in [-0.39, 0.29) is 0 Å². The molecule has 3 nitrogen and oxygen atoms in total. The van der Waals surface area contributed by atoms with Gasteiger partial charge in [0.25, 0.3) is 0 Å². The van der Waals surface area contributed by atoms with Crippen LogP contribution in [-0.2, 0) is 4.74 Å². The number of nitrogens with zero attached hydrogens (tertiary/aromatic N) is 1. The lowest BCUT2D eigenvalue weighted by Crippen LogP contribution is -2.11. The van der Waals surface area contributed by atoms with Gasteiger partial charge < -0.3 is 14.7 Å². The van der Waals surface area contributed by atoms with Crippen LogP contribution in [0.2, 0.25) is 0 Å². The van der Waals surface area contributed by atoms with Gasteiger partial charge in [-0.25, -0.2) is 0 Å². The highest BCUT2D eigenvalue weighted by Gasteiger charge is 1.94. The van der Waals surface area contributed by atoms with Crippen LogP contribution in [0.15, 0.2) is 24.1 Å². The van der Waals surface area contributed by atoms with Crippen LogP contribution in [0.25, 0.3) is 0 Å². The first kappa shape index (κ1) is 20.0. The van der Waals surface area contributed by atoms with Crippen LogP contribution in [0.3, 0.4) is 0 Å². The fourth-order valence-electron chi connectivity index (χ4n) is 2.20. The minimum atomic E-state index is 0.907. The van der Waals surface area contributed by atoms with Gasteiger partial charge in [0.05, 0.1) is 6.26 Å². The number of hydrogen-bond donors (Lipinski definition) is 1. The third kappa shape index (κ3) is 15.3. The van der Waals surface area contributed by atoms with Crippen molar-refractivity contribution >= 4 is 0 Å². The van der Waals surface area contributed by atoms with Crippen molar-refractivity contribution in [2.45, 2.75) is 64.7 Å². The molecule has 21 heavy (non-hydrogen) atoms. The number of rotatable bonds is 14. The maximum atomic E-state index is 8.79. The fraction of sp³-hybridized carbons (Fsp3) is 0.778. The van der Waals surface area contributed by atoms with Crippen molar-refractivity contribution in [3.8, 4) is 0 Å². The highest BCUT2D eigenvalue weighted by Crippen LogP contribution is 2.08. The number of aliphatic hydroxyl groups is 1. The van der Waals surface area contributed by atoms with E-state index >= 15 is 0 Å². The average Bonchev–Trinajstić information content (AvgIpc) is 2.49. The smallest absolute Gasteiger partial charge is 0.0780 e. The molecular weight excluding hydrogens is 262 g/mol. The number of aliphatic hydroxyl groups excluding tert-OH is 1. The van der Waals surface area contributed by atoms with E-state index in [4.69, 9.17) is 9.84 Å². The maximum absolute atomic E-state index is 8.79. The Bertz CT molecular complexity index is 274. The van der Waals surface area contributed by atoms with Crippen LogP contribution in [0.4, 0.5) is 0 Å². The van der Waals surface area contributed by atoms with Gasteiger partial charge in [0.1, 0.15) is 0 Å². The Kier molecular flexibility index (Phi) is 14.7. The van der Waals surface area contributed by atoms with Crippen molar-refractivity contribution in [3.63, 3.8) is 0 Å². The van der Waals surface area contributed by atoms with Gasteiger partial charge >= 0.3 is 0 Å². The molecule has 0 fully saturated rings. The second-order valence-electron chi connectivity index (χ2n) is 5.85. The first-order valence-electron chi connectivity index (χ1n) is 8.36. The zero-order chi connectivity index (χ0) is 15.8. The van der Waals surface area contributed by atoms with E-state index in [9.17, 15) is 0 Å². The molecule has 0 saturated heterocycles. The third-order valence-corrected chi connectivity index (χ3v) is 3.64. The zero-order valence-electron chi connectivity index (χ0n) is 14.3. The summed E-state index contributed by atoms with van der Waals surface area (Å²) in [6.45, 7) is 3.99. The van der Waals surface area contributed by atoms with Crippen molar-refractivity contribution in [1.82, 2.24) is 4.90 Å². The first-order valence-corrected chi connectivity index (χ1v) is 8.36. The quantitative estimate of drug-likeness (QED) is 0.360. The Labute approximate surface area is 131 Å². The van der Waals surface area contributed by atoms with Gasteiger partial charge in [0, 0.05) is 27.3 Å². The molecule has 0 aliphatic rings. The lowest BCUT2D eigenvalue weighted by atomic mass is 10.1. The van der Waals surface area contributed by atoms with E-state index in [1.54, 1.807) is 7.11 Å². The second kappa shape index (κ2) is 15.4. The number of allylic oxidation sites excluding steroid dienone is 2. The monoisotopic (exact) mass is 297 g/mol. The van der Waals surface area contributed by atoms with Gasteiger partial charge in [-0.1, -0.05) is 38.2 Å².